The normalized spacial score (nSPS) is 10.2. The lowest BCUT2D eigenvalue weighted by atomic mass is 10.00. The van der Waals surface area contributed by atoms with E-state index in [0.717, 1.165) is 16.0 Å². The highest BCUT2D eigenvalue weighted by Gasteiger charge is 2.18. The van der Waals surface area contributed by atoms with Crippen LogP contribution in [0.1, 0.15) is 10.4 Å². The maximum Gasteiger partial charge on any atom is 0.341 e. The molecule has 0 fully saturated rings. The number of carbonyl (C=O) groups is 1. The Bertz CT molecular complexity index is 656. The molecule has 0 saturated heterocycles. The smallest absolute Gasteiger partial charge is 0.341 e. The highest BCUT2D eigenvalue weighted by atomic mass is 32.1. The fourth-order valence-corrected chi connectivity index (χ4v) is 2.22. The Balaban J connectivity index is 2.68. The molecule has 5 heteroatoms. The Morgan fingerprint density at radius 3 is 2.55 bits per heavy atom. The SMILES string of the molecule is COC(=O)c1cccc(-c2cc(S)ccc2N)c1OC. The quantitative estimate of drug-likeness (QED) is 0.518. The van der Waals surface area contributed by atoms with Crippen LogP contribution in [0.15, 0.2) is 41.3 Å². The van der Waals surface area contributed by atoms with E-state index in [1.165, 1.54) is 14.2 Å². The number of nitrogen functional groups attached to an aromatic ring is 1. The summed E-state index contributed by atoms with van der Waals surface area (Å²) in [4.78, 5) is 12.6. The van der Waals surface area contributed by atoms with Gasteiger partial charge in [-0.25, -0.2) is 4.79 Å². The zero-order valence-corrected chi connectivity index (χ0v) is 12.1. The molecule has 20 heavy (non-hydrogen) atoms. The number of para-hydroxylation sites is 1. The summed E-state index contributed by atoms with van der Waals surface area (Å²) in [6.07, 6.45) is 0. The molecule has 104 valence electrons. The van der Waals surface area contributed by atoms with E-state index in [9.17, 15) is 4.79 Å². The van der Waals surface area contributed by atoms with Gasteiger partial charge in [-0.3, -0.25) is 0 Å². The van der Waals surface area contributed by atoms with E-state index in [4.69, 9.17) is 15.2 Å². The zero-order valence-electron chi connectivity index (χ0n) is 11.2. The van der Waals surface area contributed by atoms with Crippen LogP contribution in [-0.2, 0) is 4.74 Å². The number of ether oxygens (including phenoxy) is 2. The monoisotopic (exact) mass is 289 g/mol. The fraction of sp³-hybridized carbons (Fsp3) is 0.133. The third-order valence-corrected chi connectivity index (χ3v) is 3.23. The molecule has 0 bridgehead atoms. The van der Waals surface area contributed by atoms with Crippen LogP contribution in [0.3, 0.4) is 0 Å². The van der Waals surface area contributed by atoms with Crippen molar-refractivity contribution in [2.24, 2.45) is 0 Å². The first kappa shape index (κ1) is 14.3. The van der Waals surface area contributed by atoms with E-state index in [1.807, 2.05) is 12.1 Å². The number of carbonyl (C=O) groups excluding carboxylic acids is 1. The average Bonchev–Trinajstić information content (AvgIpc) is 2.48. The molecule has 0 amide bonds. The maximum atomic E-state index is 11.8. The Kier molecular flexibility index (Phi) is 4.20. The van der Waals surface area contributed by atoms with Gasteiger partial charge in [-0.05, 0) is 24.3 Å². The first-order chi connectivity index (χ1) is 9.58. The van der Waals surface area contributed by atoms with E-state index in [0.29, 0.717) is 17.0 Å². The van der Waals surface area contributed by atoms with Gasteiger partial charge in [-0.1, -0.05) is 12.1 Å². The molecule has 0 spiro atoms. The van der Waals surface area contributed by atoms with Crippen molar-refractivity contribution < 1.29 is 14.3 Å². The van der Waals surface area contributed by atoms with Crippen molar-refractivity contribution in [2.75, 3.05) is 20.0 Å². The highest BCUT2D eigenvalue weighted by molar-refractivity contribution is 7.80. The van der Waals surface area contributed by atoms with Gasteiger partial charge in [0, 0.05) is 21.7 Å². The van der Waals surface area contributed by atoms with Gasteiger partial charge in [0.05, 0.1) is 14.2 Å². The summed E-state index contributed by atoms with van der Waals surface area (Å²) < 4.78 is 10.1. The van der Waals surface area contributed by atoms with Crippen molar-refractivity contribution in [1.29, 1.82) is 0 Å². The highest BCUT2D eigenvalue weighted by Crippen LogP contribution is 2.37. The van der Waals surface area contributed by atoms with Gasteiger partial charge in [-0.15, -0.1) is 12.6 Å². The predicted octanol–water partition coefficient (Wildman–Crippen LogP) is 3.02. The van der Waals surface area contributed by atoms with Crippen LogP contribution in [0, 0.1) is 0 Å². The molecule has 0 aliphatic heterocycles. The van der Waals surface area contributed by atoms with Crippen molar-refractivity contribution in [2.45, 2.75) is 4.90 Å². The van der Waals surface area contributed by atoms with E-state index >= 15 is 0 Å². The largest absolute Gasteiger partial charge is 0.495 e. The molecule has 0 aliphatic carbocycles. The van der Waals surface area contributed by atoms with Crippen LogP contribution < -0.4 is 10.5 Å². The summed E-state index contributed by atoms with van der Waals surface area (Å²) in [6, 6.07) is 10.6. The summed E-state index contributed by atoms with van der Waals surface area (Å²) in [6.45, 7) is 0. The second kappa shape index (κ2) is 5.88. The minimum Gasteiger partial charge on any atom is -0.495 e. The first-order valence-electron chi connectivity index (χ1n) is 5.92. The lowest BCUT2D eigenvalue weighted by molar-refractivity contribution is 0.0597. The first-order valence-corrected chi connectivity index (χ1v) is 6.37. The van der Waals surface area contributed by atoms with Gasteiger partial charge in [0.15, 0.2) is 0 Å². The molecule has 0 unspecified atom stereocenters. The molecule has 2 rings (SSSR count). The number of benzene rings is 2. The predicted molar refractivity (Wildman–Crippen MR) is 81.4 cm³/mol. The number of hydrogen-bond donors (Lipinski definition) is 2. The molecule has 4 nitrogen and oxygen atoms in total. The van der Waals surface area contributed by atoms with Crippen molar-refractivity contribution in [3.8, 4) is 16.9 Å². The Morgan fingerprint density at radius 1 is 1.15 bits per heavy atom. The topological polar surface area (TPSA) is 61.5 Å². The minimum atomic E-state index is -0.454. The van der Waals surface area contributed by atoms with Gasteiger partial charge < -0.3 is 15.2 Å². The third kappa shape index (κ3) is 2.58. The van der Waals surface area contributed by atoms with Gasteiger partial charge in [0.1, 0.15) is 11.3 Å². The summed E-state index contributed by atoms with van der Waals surface area (Å²) in [5, 5.41) is 0. The molecule has 0 atom stereocenters. The van der Waals surface area contributed by atoms with Crippen LogP contribution in [-0.4, -0.2) is 20.2 Å². The van der Waals surface area contributed by atoms with Gasteiger partial charge in [0.2, 0.25) is 0 Å². The summed E-state index contributed by atoms with van der Waals surface area (Å²) in [5.41, 5.74) is 8.43. The molecule has 0 radical (unpaired) electrons. The van der Waals surface area contributed by atoms with Crippen molar-refractivity contribution in [3.05, 3.63) is 42.0 Å². The van der Waals surface area contributed by atoms with E-state index < -0.39 is 5.97 Å². The second-order valence-corrected chi connectivity index (χ2v) is 4.67. The molecule has 0 aromatic heterocycles. The lowest BCUT2D eigenvalue weighted by Gasteiger charge is -2.14. The minimum absolute atomic E-state index is 0.358. The number of anilines is 1. The maximum absolute atomic E-state index is 11.8. The molecular formula is C15H15NO3S. The van der Waals surface area contributed by atoms with Gasteiger partial charge in [0.25, 0.3) is 0 Å². The molecular weight excluding hydrogens is 274 g/mol. The molecule has 0 aliphatic rings. The second-order valence-electron chi connectivity index (χ2n) is 4.15. The van der Waals surface area contributed by atoms with Crippen molar-refractivity contribution >= 4 is 24.3 Å². The van der Waals surface area contributed by atoms with Crippen LogP contribution >= 0.6 is 12.6 Å². The van der Waals surface area contributed by atoms with Gasteiger partial charge >= 0.3 is 5.97 Å². The fourth-order valence-electron chi connectivity index (χ4n) is 2.02. The molecule has 2 aromatic rings. The molecule has 0 saturated carbocycles. The number of thiol groups is 1. The van der Waals surface area contributed by atoms with E-state index in [-0.39, 0.29) is 0 Å². The number of rotatable bonds is 3. The molecule has 0 heterocycles. The molecule has 2 aromatic carbocycles. The third-order valence-electron chi connectivity index (χ3n) is 2.95. The van der Waals surface area contributed by atoms with E-state index in [1.54, 1.807) is 24.3 Å². The lowest BCUT2D eigenvalue weighted by Crippen LogP contribution is -2.05. The average molecular weight is 289 g/mol. The Hall–Kier alpha value is -2.14. The van der Waals surface area contributed by atoms with Crippen molar-refractivity contribution in [1.82, 2.24) is 0 Å². The summed E-state index contributed by atoms with van der Waals surface area (Å²) in [5.74, 6) is -0.0192. The Labute approximate surface area is 122 Å². The van der Waals surface area contributed by atoms with Crippen LogP contribution in [0.4, 0.5) is 5.69 Å². The van der Waals surface area contributed by atoms with Crippen LogP contribution in [0.25, 0.3) is 11.1 Å². The van der Waals surface area contributed by atoms with Crippen molar-refractivity contribution in [3.63, 3.8) is 0 Å². The van der Waals surface area contributed by atoms with Crippen LogP contribution in [0.5, 0.6) is 5.75 Å². The number of hydrogen-bond acceptors (Lipinski definition) is 5. The van der Waals surface area contributed by atoms with Crippen LogP contribution in [0.2, 0.25) is 0 Å². The number of methoxy groups -OCH3 is 2. The summed E-state index contributed by atoms with van der Waals surface area (Å²) >= 11 is 4.31. The zero-order chi connectivity index (χ0) is 14.7. The standard InChI is InChI=1S/C15H15NO3S/c1-18-14-10(4-3-5-11(14)15(17)19-2)12-8-9(20)6-7-13(12)16/h3-8,20H,16H2,1-2H3. The summed E-state index contributed by atoms with van der Waals surface area (Å²) in [7, 11) is 2.84. The Morgan fingerprint density at radius 2 is 1.90 bits per heavy atom. The van der Waals surface area contributed by atoms with E-state index in [2.05, 4.69) is 12.6 Å². The van der Waals surface area contributed by atoms with Gasteiger partial charge in [-0.2, -0.15) is 0 Å². The molecule has 2 N–H and O–H groups in total. The number of nitrogens with two attached hydrogens (primary N) is 1. The number of esters is 1.